The van der Waals surface area contributed by atoms with Gasteiger partial charge in [-0.05, 0) is 31.7 Å². The van der Waals surface area contributed by atoms with Crippen molar-refractivity contribution in [3.05, 3.63) is 17.5 Å². The van der Waals surface area contributed by atoms with Gasteiger partial charge in [-0.15, -0.1) is 0 Å². The summed E-state index contributed by atoms with van der Waals surface area (Å²) in [5, 5.41) is 10.8. The first-order chi connectivity index (χ1) is 8.87. The maximum atomic E-state index is 4.67. The standard InChI is InChI=1S/C14H22N4/c1-4-15-9-13-12(8-17-18(13)5-1)14-3-2-11(6-14)7-16-10-14/h8,11,15-16H,1-7,9-10H2/p+1/t11-,14-/m1/s1. The van der Waals surface area contributed by atoms with Crippen molar-refractivity contribution in [2.45, 2.75) is 44.2 Å². The molecule has 1 aromatic rings. The van der Waals surface area contributed by atoms with Crippen LogP contribution >= 0.6 is 0 Å². The fourth-order valence-electron chi connectivity index (χ4n) is 4.31. The molecule has 98 valence electrons. The van der Waals surface area contributed by atoms with Gasteiger partial charge in [0.05, 0.1) is 18.4 Å². The predicted molar refractivity (Wildman–Crippen MR) is 69.2 cm³/mol. The molecule has 1 aromatic heterocycles. The van der Waals surface area contributed by atoms with Crippen LogP contribution < -0.4 is 10.6 Å². The minimum Gasteiger partial charge on any atom is -0.341 e. The van der Waals surface area contributed by atoms with Crippen molar-refractivity contribution in [1.29, 1.82) is 0 Å². The average molecular weight is 247 g/mol. The molecule has 0 amide bonds. The van der Waals surface area contributed by atoms with Crippen LogP contribution in [0, 0.1) is 5.92 Å². The lowest BCUT2D eigenvalue weighted by atomic mass is 9.76. The van der Waals surface area contributed by atoms with Gasteiger partial charge in [0.25, 0.3) is 0 Å². The van der Waals surface area contributed by atoms with Gasteiger partial charge in [-0.25, -0.2) is 0 Å². The molecule has 3 heterocycles. The lowest BCUT2D eigenvalue weighted by Crippen LogP contribution is -2.82. The number of nitrogens with zero attached hydrogens (tertiary/aromatic N) is 2. The number of nitrogens with one attached hydrogen (secondary N) is 1. The monoisotopic (exact) mass is 247 g/mol. The maximum Gasteiger partial charge on any atom is 0.118 e. The number of hydrogen-bond acceptors (Lipinski definition) is 2. The number of aromatic nitrogens is 2. The number of rotatable bonds is 1. The van der Waals surface area contributed by atoms with Crippen molar-refractivity contribution in [1.82, 2.24) is 15.1 Å². The van der Waals surface area contributed by atoms with Crippen LogP contribution in [-0.4, -0.2) is 29.4 Å². The molecule has 2 bridgehead atoms. The second kappa shape index (κ2) is 4.07. The topological polar surface area (TPSA) is 46.5 Å². The summed E-state index contributed by atoms with van der Waals surface area (Å²) in [5.74, 6) is 0.907. The number of nitrogens with two attached hydrogens (primary N) is 1. The molecule has 2 atom stereocenters. The van der Waals surface area contributed by atoms with E-state index in [-0.39, 0.29) is 0 Å². The van der Waals surface area contributed by atoms with Gasteiger partial charge >= 0.3 is 0 Å². The van der Waals surface area contributed by atoms with Crippen molar-refractivity contribution >= 4 is 0 Å². The molecule has 18 heavy (non-hydrogen) atoms. The number of aryl methyl sites for hydroxylation is 1. The van der Waals surface area contributed by atoms with Crippen LogP contribution in [0.1, 0.15) is 36.9 Å². The van der Waals surface area contributed by atoms with Crippen LogP contribution in [-0.2, 0) is 18.5 Å². The van der Waals surface area contributed by atoms with E-state index in [0.717, 1.165) is 19.0 Å². The molecule has 1 saturated carbocycles. The Morgan fingerprint density at radius 3 is 3.50 bits per heavy atom. The summed E-state index contributed by atoms with van der Waals surface area (Å²) < 4.78 is 2.27. The van der Waals surface area contributed by atoms with Gasteiger partial charge in [-0.3, -0.25) is 4.68 Å². The highest BCUT2D eigenvalue weighted by Crippen LogP contribution is 2.46. The second-order valence-corrected chi connectivity index (χ2v) is 6.38. The molecule has 4 rings (SSSR count). The lowest BCUT2D eigenvalue weighted by Gasteiger charge is -2.33. The van der Waals surface area contributed by atoms with Gasteiger partial charge < -0.3 is 10.6 Å². The van der Waals surface area contributed by atoms with Gasteiger partial charge in [-0.1, -0.05) is 0 Å². The van der Waals surface area contributed by atoms with Gasteiger partial charge in [-0.2, -0.15) is 5.10 Å². The Morgan fingerprint density at radius 1 is 1.50 bits per heavy atom. The van der Waals surface area contributed by atoms with E-state index in [0.29, 0.717) is 5.41 Å². The molecule has 0 spiro atoms. The summed E-state index contributed by atoms with van der Waals surface area (Å²) in [4.78, 5) is 0. The van der Waals surface area contributed by atoms with E-state index in [2.05, 4.69) is 26.6 Å². The first-order valence-electron chi connectivity index (χ1n) is 7.45. The van der Waals surface area contributed by atoms with Crippen LogP contribution in [0.3, 0.4) is 0 Å². The molecule has 0 aromatic carbocycles. The molecule has 4 heteroatoms. The Kier molecular flexibility index (Phi) is 2.49. The van der Waals surface area contributed by atoms with Gasteiger partial charge in [0.1, 0.15) is 6.54 Å². The van der Waals surface area contributed by atoms with Gasteiger partial charge in [0.2, 0.25) is 0 Å². The summed E-state index contributed by atoms with van der Waals surface area (Å²) in [6.45, 7) is 5.89. The third kappa shape index (κ3) is 1.55. The molecule has 1 saturated heterocycles. The molecule has 3 N–H and O–H groups in total. The smallest absolute Gasteiger partial charge is 0.118 e. The zero-order chi connectivity index (χ0) is 12.0. The largest absolute Gasteiger partial charge is 0.341 e. The minimum atomic E-state index is 0.411. The van der Waals surface area contributed by atoms with E-state index in [1.807, 2.05) is 0 Å². The molecular formula is C14H23N4+. The van der Waals surface area contributed by atoms with Crippen molar-refractivity contribution in [2.75, 3.05) is 19.6 Å². The van der Waals surface area contributed by atoms with E-state index in [9.17, 15) is 0 Å². The summed E-state index contributed by atoms with van der Waals surface area (Å²) >= 11 is 0. The maximum absolute atomic E-state index is 4.67. The third-order valence-electron chi connectivity index (χ3n) is 5.24. The minimum absolute atomic E-state index is 0.411. The van der Waals surface area contributed by atoms with Crippen LogP contribution in [0.2, 0.25) is 0 Å². The molecule has 3 aliphatic rings. The van der Waals surface area contributed by atoms with Crippen molar-refractivity contribution in [3.63, 3.8) is 0 Å². The summed E-state index contributed by atoms with van der Waals surface area (Å²) in [6, 6.07) is 0. The highest BCUT2D eigenvalue weighted by Gasteiger charge is 2.45. The van der Waals surface area contributed by atoms with Crippen molar-refractivity contribution < 1.29 is 5.32 Å². The van der Waals surface area contributed by atoms with E-state index < -0.39 is 0 Å². The molecule has 0 unspecified atom stereocenters. The highest BCUT2D eigenvalue weighted by molar-refractivity contribution is 5.31. The zero-order valence-electron chi connectivity index (χ0n) is 11.0. The number of hydrogen-bond donors (Lipinski definition) is 2. The average Bonchev–Trinajstić information content (AvgIpc) is 2.84. The van der Waals surface area contributed by atoms with Crippen LogP contribution in [0.5, 0.6) is 0 Å². The SMILES string of the molecule is c1nn2c(c1[C@@]13CC[C@@H](CNC1)C3)C[NH2+]CCC2. The van der Waals surface area contributed by atoms with Crippen LogP contribution in [0.25, 0.3) is 0 Å². The Hall–Kier alpha value is -0.870. The van der Waals surface area contributed by atoms with Gasteiger partial charge in [0.15, 0.2) is 0 Å². The van der Waals surface area contributed by atoms with Crippen LogP contribution in [0.4, 0.5) is 0 Å². The molecule has 2 aliphatic heterocycles. The first kappa shape index (κ1) is 11.0. The quantitative estimate of drug-likeness (QED) is 0.733. The number of fused-ring (bicyclic) bond motifs is 3. The van der Waals surface area contributed by atoms with E-state index >= 15 is 0 Å². The fourth-order valence-corrected chi connectivity index (χ4v) is 4.31. The molecule has 1 aliphatic carbocycles. The first-order valence-corrected chi connectivity index (χ1v) is 7.45. The Balaban J connectivity index is 1.74. The van der Waals surface area contributed by atoms with Gasteiger partial charge in [0, 0.05) is 30.5 Å². The molecular weight excluding hydrogens is 224 g/mol. The predicted octanol–water partition coefficient (Wildman–Crippen LogP) is -0.00870. The van der Waals surface area contributed by atoms with E-state index in [1.54, 1.807) is 5.56 Å². The van der Waals surface area contributed by atoms with Crippen LogP contribution in [0.15, 0.2) is 6.20 Å². The zero-order valence-corrected chi connectivity index (χ0v) is 11.0. The Morgan fingerprint density at radius 2 is 2.50 bits per heavy atom. The van der Waals surface area contributed by atoms with E-state index in [4.69, 9.17) is 0 Å². The third-order valence-corrected chi connectivity index (χ3v) is 5.24. The highest BCUT2D eigenvalue weighted by atomic mass is 15.3. The summed E-state index contributed by atoms with van der Waals surface area (Å²) in [5.41, 5.74) is 3.49. The van der Waals surface area contributed by atoms with Crippen molar-refractivity contribution in [3.8, 4) is 0 Å². The Labute approximate surface area is 108 Å². The fraction of sp³-hybridized carbons (Fsp3) is 0.786. The molecule has 0 radical (unpaired) electrons. The number of quaternary nitrogens is 1. The Bertz CT molecular complexity index is 449. The second-order valence-electron chi connectivity index (χ2n) is 6.38. The summed E-state index contributed by atoms with van der Waals surface area (Å²) in [7, 11) is 0. The van der Waals surface area contributed by atoms with Crippen molar-refractivity contribution in [2.24, 2.45) is 5.92 Å². The number of piperidine rings is 1. The summed E-state index contributed by atoms with van der Waals surface area (Å²) in [6.07, 6.45) is 7.59. The molecule has 2 fully saturated rings. The normalized spacial score (nSPS) is 35.2. The molecule has 4 nitrogen and oxygen atoms in total. The lowest BCUT2D eigenvalue weighted by molar-refractivity contribution is -0.670. The van der Waals surface area contributed by atoms with E-state index in [1.165, 1.54) is 51.0 Å².